The second kappa shape index (κ2) is 8.88. The SMILES string of the molecule is Cc1cc(C)c([C@@H](C)NC(=O)CC(c2ccccc2)c2ccccc2)cc1C. The highest BCUT2D eigenvalue weighted by atomic mass is 16.1. The molecule has 2 heteroatoms. The van der Waals surface area contributed by atoms with Gasteiger partial charge in [0.05, 0.1) is 6.04 Å². The number of hydrogen-bond acceptors (Lipinski definition) is 1. The van der Waals surface area contributed by atoms with Gasteiger partial charge in [0.15, 0.2) is 0 Å². The van der Waals surface area contributed by atoms with Gasteiger partial charge in [0, 0.05) is 12.3 Å². The maximum absolute atomic E-state index is 12.9. The Bertz CT molecular complexity index is 892. The van der Waals surface area contributed by atoms with E-state index in [1.165, 1.54) is 33.4 Å². The highest BCUT2D eigenvalue weighted by molar-refractivity contribution is 5.78. The van der Waals surface area contributed by atoms with E-state index in [0.29, 0.717) is 6.42 Å². The largest absolute Gasteiger partial charge is 0.350 e. The van der Waals surface area contributed by atoms with Crippen LogP contribution in [0.25, 0.3) is 0 Å². The van der Waals surface area contributed by atoms with Gasteiger partial charge in [0.1, 0.15) is 0 Å². The predicted octanol–water partition coefficient (Wildman–Crippen LogP) is 6.01. The summed E-state index contributed by atoms with van der Waals surface area (Å²) in [6.45, 7) is 8.42. The zero-order valence-electron chi connectivity index (χ0n) is 17.2. The molecule has 0 bridgehead atoms. The van der Waals surface area contributed by atoms with Crippen LogP contribution in [0.1, 0.15) is 58.7 Å². The minimum absolute atomic E-state index is 0.0148. The van der Waals surface area contributed by atoms with Gasteiger partial charge in [0.2, 0.25) is 5.91 Å². The molecule has 3 rings (SSSR count). The number of hydrogen-bond donors (Lipinski definition) is 1. The Morgan fingerprint density at radius 1 is 0.786 bits per heavy atom. The third kappa shape index (κ3) is 4.69. The number of nitrogens with one attached hydrogen (secondary N) is 1. The molecule has 1 N–H and O–H groups in total. The van der Waals surface area contributed by atoms with E-state index in [0.717, 1.165) is 0 Å². The molecule has 28 heavy (non-hydrogen) atoms. The predicted molar refractivity (Wildman–Crippen MR) is 117 cm³/mol. The van der Waals surface area contributed by atoms with Crippen LogP contribution in [0, 0.1) is 20.8 Å². The normalized spacial score (nSPS) is 12.0. The van der Waals surface area contributed by atoms with Crippen molar-refractivity contribution in [3.8, 4) is 0 Å². The van der Waals surface area contributed by atoms with Crippen LogP contribution >= 0.6 is 0 Å². The summed E-state index contributed by atoms with van der Waals surface area (Å²) in [6.07, 6.45) is 0.433. The molecule has 0 unspecified atom stereocenters. The maximum atomic E-state index is 12.9. The maximum Gasteiger partial charge on any atom is 0.221 e. The first-order valence-electron chi connectivity index (χ1n) is 9.92. The molecule has 0 aliphatic rings. The van der Waals surface area contributed by atoms with Crippen LogP contribution in [-0.4, -0.2) is 5.91 Å². The number of aryl methyl sites for hydroxylation is 3. The molecule has 2 nitrogen and oxygen atoms in total. The summed E-state index contributed by atoms with van der Waals surface area (Å²) in [5.41, 5.74) is 7.28. The lowest BCUT2D eigenvalue weighted by molar-refractivity contribution is -0.121. The molecule has 0 radical (unpaired) electrons. The lowest BCUT2D eigenvalue weighted by Crippen LogP contribution is -2.28. The molecule has 0 aromatic heterocycles. The Morgan fingerprint density at radius 3 is 1.82 bits per heavy atom. The average Bonchev–Trinajstić information content (AvgIpc) is 2.70. The minimum Gasteiger partial charge on any atom is -0.350 e. The Hall–Kier alpha value is -2.87. The first kappa shape index (κ1) is 19.9. The molecular weight excluding hydrogens is 342 g/mol. The second-order valence-electron chi connectivity index (χ2n) is 7.66. The van der Waals surface area contributed by atoms with Gasteiger partial charge in [0.25, 0.3) is 0 Å². The molecule has 0 aliphatic heterocycles. The number of carbonyl (C=O) groups is 1. The van der Waals surface area contributed by atoms with Gasteiger partial charge in [-0.05, 0) is 61.1 Å². The van der Waals surface area contributed by atoms with Crippen molar-refractivity contribution in [2.24, 2.45) is 0 Å². The Balaban J connectivity index is 1.78. The second-order valence-corrected chi connectivity index (χ2v) is 7.66. The fourth-order valence-corrected chi connectivity index (χ4v) is 3.81. The zero-order valence-corrected chi connectivity index (χ0v) is 17.2. The van der Waals surface area contributed by atoms with Gasteiger partial charge < -0.3 is 5.32 Å². The van der Waals surface area contributed by atoms with Crippen LogP contribution in [0.4, 0.5) is 0 Å². The van der Waals surface area contributed by atoms with Crippen LogP contribution in [0.15, 0.2) is 72.8 Å². The van der Waals surface area contributed by atoms with Crippen LogP contribution in [0.2, 0.25) is 0 Å². The monoisotopic (exact) mass is 371 g/mol. The summed E-state index contributed by atoms with van der Waals surface area (Å²) in [4.78, 5) is 12.9. The molecular formula is C26H29NO. The Labute approximate surface area is 168 Å². The van der Waals surface area contributed by atoms with Crippen molar-refractivity contribution < 1.29 is 4.79 Å². The van der Waals surface area contributed by atoms with E-state index < -0.39 is 0 Å². The number of carbonyl (C=O) groups excluding carboxylic acids is 1. The molecule has 1 atom stereocenters. The summed E-state index contributed by atoms with van der Waals surface area (Å²) in [6, 6.07) is 24.9. The zero-order chi connectivity index (χ0) is 20.1. The smallest absolute Gasteiger partial charge is 0.221 e. The van der Waals surface area contributed by atoms with Crippen molar-refractivity contribution in [3.63, 3.8) is 0 Å². The van der Waals surface area contributed by atoms with E-state index in [9.17, 15) is 4.79 Å². The van der Waals surface area contributed by atoms with Crippen molar-refractivity contribution in [3.05, 3.63) is 106 Å². The standard InChI is InChI=1S/C26H29NO/c1-18-15-20(3)24(16-19(18)2)21(4)27-26(28)17-25(22-11-7-5-8-12-22)23-13-9-6-10-14-23/h5-16,21,25H,17H2,1-4H3,(H,27,28)/t21-/m1/s1. The summed E-state index contributed by atoms with van der Waals surface area (Å²) in [5.74, 6) is 0.123. The van der Waals surface area contributed by atoms with E-state index >= 15 is 0 Å². The van der Waals surface area contributed by atoms with Crippen LogP contribution in [0.5, 0.6) is 0 Å². The van der Waals surface area contributed by atoms with Gasteiger partial charge >= 0.3 is 0 Å². The molecule has 3 aromatic carbocycles. The summed E-state index contributed by atoms with van der Waals surface area (Å²) in [7, 11) is 0. The lowest BCUT2D eigenvalue weighted by atomic mass is 9.88. The van der Waals surface area contributed by atoms with Gasteiger partial charge in [-0.3, -0.25) is 4.79 Å². The Morgan fingerprint density at radius 2 is 1.29 bits per heavy atom. The van der Waals surface area contributed by atoms with Crippen molar-refractivity contribution in [2.75, 3.05) is 0 Å². The molecule has 3 aromatic rings. The van der Waals surface area contributed by atoms with Crippen molar-refractivity contribution in [1.29, 1.82) is 0 Å². The van der Waals surface area contributed by atoms with Gasteiger partial charge in [-0.15, -0.1) is 0 Å². The van der Waals surface area contributed by atoms with Crippen LogP contribution < -0.4 is 5.32 Å². The van der Waals surface area contributed by atoms with Crippen LogP contribution in [0.3, 0.4) is 0 Å². The van der Waals surface area contributed by atoms with Gasteiger partial charge in [-0.2, -0.15) is 0 Å². The first-order valence-corrected chi connectivity index (χ1v) is 9.92. The lowest BCUT2D eigenvalue weighted by Gasteiger charge is -2.22. The number of rotatable bonds is 6. The van der Waals surface area contributed by atoms with E-state index in [4.69, 9.17) is 0 Å². The first-order chi connectivity index (χ1) is 13.5. The quantitative estimate of drug-likeness (QED) is 0.565. The van der Waals surface area contributed by atoms with Crippen molar-refractivity contribution in [2.45, 2.75) is 46.1 Å². The highest BCUT2D eigenvalue weighted by Gasteiger charge is 2.20. The molecule has 0 spiro atoms. The van der Waals surface area contributed by atoms with Crippen LogP contribution in [-0.2, 0) is 4.79 Å². The van der Waals surface area contributed by atoms with E-state index in [1.54, 1.807) is 0 Å². The number of benzene rings is 3. The summed E-state index contributed by atoms with van der Waals surface area (Å²) >= 11 is 0. The summed E-state index contributed by atoms with van der Waals surface area (Å²) < 4.78 is 0. The summed E-state index contributed by atoms with van der Waals surface area (Å²) in [5, 5.41) is 3.21. The third-order valence-electron chi connectivity index (χ3n) is 5.52. The topological polar surface area (TPSA) is 29.1 Å². The third-order valence-corrected chi connectivity index (χ3v) is 5.52. The van der Waals surface area contributed by atoms with E-state index in [2.05, 4.69) is 69.4 Å². The molecule has 0 saturated heterocycles. The van der Waals surface area contributed by atoms with E-state index in [-0.39, 0.29) is 17.9 Å². The molecule has 0 fully saturated rings. The fraction of sp³-hybridized carbons (Fsp3) is 0.269. The Kier molecular flexibility index (Phi) is 6.30. The fourth-order valence-electron chi connectivity index (χ4n) is 3.81. The van der Waals surface area contributed by atoms with Gasteiger partial charge in [-0.25, -0.2) is 0 Å². The van der Waals surface area contributed by atoms with Crippen molar-refractivity contribution >= 4 is 5.91 Å². The molecule has 0 aliphatic carbocycles. The van der Waals surface area contributed by atoms with E-state index in [1.807, 2.05) is 36.4 Å². The molecule has 144 valence electrons. The minimum atomic E-state index is -0.0148. The number of amides is 1. The highest BCUT2D eigenvalue weighted by Crippen LogP contribution is 2.28. The van der Waals surface area contributed by atoms with Crippen molar-refractivity contribution in [1.82, 2.24) is 5.32 Å². The molecule has 0 heterocycles. The molecule has 1 amide bonds. The van der Waals surface area contributed by atoms with Gasteiger partial charge in [-0.1, -0.05) is 72.8 Å². The molecule has 0 saturated carbocycles. The average molecular weight is 372 g/mol.